The number of pyridine rings is 1. The molecule has 25 heavy (non-hydrogen) atoms. The number of carbonyl (C=O) groups is 1. The Morgan fingerprint density at radius 3 is 2.72 bits per heavy atom. The number of H-pyrrole nitrogens is 1. The molecule has 0 aliphatic heterocycles. The first kappa shape index (κ1) is 15.0. The standard InChI is InChI=1S/C19H13FN4O/c20-13-7-5-12(6-8-13)11-22-24-19(25)18-17-15(9-10-21-18)14-3-1-2-4-16(14)23-17/h1-11,23H,(H,24,25). The molecule has 2 N–H and O–H groups in total. The first-order valence-corrected chi connectivity index (χ1v) is 7.67. The molecule has 1 amide bonds. The number of benzene rings is 2. The smallest absolute Gasteiger partial charge is 0.292 e. The zero-order chi connectivity index (χ0) is 17.2. The summed E-state index contributed by atoms with van der Waals surface area (Å²) in [5.74, 6) is -0.744. The van der Waals surface area contributed by atoms with Gasteiger partial charge >= 0.3 is 0 Å². The van der Waals surface area contributed by atoms with Crippen molar-refractivity contribution in [2.75, 3.05) is 0 Å². The highest BCUT2D eigenvalue weighted by molar-refractivity contribution is 6.13. The maximum Gasteiger partial charge on any atom is 0.292 e. The van der Waals surface area contributed by atoms with Crippen molar-refractivity contribution in [1.29, 1.82) is 0 Å². The van der Waals surface area contributed by atoms with Crippen LogP contribution in [0.5, 0.6) is 0 Å². The Balaban J connectivity index is 1.62. The topological polar surface area (TPSA) is 70.1 Å². The third kappa shape index (κ3) is 2.85. The van der Waals surface area contributed by atoms with E-state index in [1.165, 1.54) is 18.3 Å². The maximum atomic E-state index is 12.9. The highest BCUT2D eigenvalue weighted by Crippen LogP contribution is 2.26. The number of halogens is 1. The largest absolute Gasteiger partial charge is 0.353 e. The van der Waals surface area contributed by atoms with Crippen LogP contribution in [0.3, 0.4) is 0 Å². The van der Waals surface area contributed by atoms with E-state index >= 15 is 0 Å². The number of amides is 1. The predicted molar refractivity (Wildman–Crippen MR) is 95.1 cm³/mol. The minimum atomic E-state index is -0.421. The van der Waals surface area contributed by atoms with E-state index in [9.17, 15) is 9.18 Å². The van der Waals surface area contributed by atoms with Crippen molar-refractivity contribution in [1.82, 2.24) is 15.4 Å². The summed E-state index contributed by atoms with van der Waals surface area (Å²) in [6, 6.07) is 15.5. The third-order valence-electron chi connectivity index (χ3n) is 3.89. The lowest BCUT2D eigenvalue weighted by Gasteiger charge is -2.01. The Hall–Kier alpha value is -3.54. The van der Waals surface area contributed by atoms with Crippen LogP contribution in [0.25, 0.3) is 21.8 Å². The van der Waals surface area contributed by atoms with Gasteiger partial charge in [-0.05, 0) is 29.8 Å². The second kappa shape index (κ2) is 6.16. The van der Waals surface area contributed by atoms with Crippen LogP contribution >= 0.6 is 0 Å². The average Bonchev–Trinajstić information content (AvgIpc) is 3.02. The van der Waals surface area contributed by atoms with Crippen molar-refractivity contribution in [2.45, 2.75) is 0 Å². The summed E-state index contributed by atoms with van der Waals surface area (Å²) >= 11 is 0. The lowest BCUT2D eigenvalue weighted by atomic mass is 10.1. The number of hydrogen-bond acceptors (Lipinski definition) is 3. The average molecular weight is 332 g/mol. The quantitative estimate of drug-likeness (QED) is 0.444. The Bertz CT molecular complexity index is 1100. The van der Waals surface area contributed by atoms with Crippen molar-refractivity contribution in [2.24, 2.45) is 5.10 Å². The molecule has 0 aliphatic carbocycles. The van der Waals surface area contributed by atoms with E-state index < -0.39 is 5.91 Å². The van der Waals surface area contributed by atoms with Crippen molar-refractivity contribution >= 4 is 33.9 Å². The van der Waals surface area contributed by atoms with Gasteiger partial charge in [0, 0.05) is 22.5 Å². The van der Waals surface area contributed by atoms with Crippen LogP contribution in [-0.4, -0.2) is 22.1 Å². The molecule has 0 aliphatic rings. The number of aromatic amines is 1. The SMILES string of the molecule is O=C(NN=Cc1ccc(F)cc1)c1nccc2c1[nH]c1ccccc12. The first-order chi connectivity index (χ1) is 12.2. The number of fused-ring (bicyclic) bond motifs is 3. The maximum absolute atomic E-state index is 12.9. The molecule has 0 saturated carbocycles. The van der Waals surface area contributed by atoms with Crippen LogP contribution in [0, 0.1) is 5.82 Å². The van der Waals surface area contributed by atoms with Crippen LogP contribution in [0.4, 0.5) is 4.39 Å². The van der Waals surface area contributed by atoms with E-state index in [0.717, 1.165) is 16.3 Å². The second-order valence-electron chi connectivity index (χ2n) is 5.50. The van der Waals surface area contributed by atoms with Crippen LogP contribution in [0.15, 0.2) is 65.9 Å². The number of hydrogen-bond donors (Lipinski definition) is 2. The Kier molecular flexibility index (Phi) is 3.70. The number of rotatable bonds is 3. The zero-order valence-corrected chi connectivity index (χ0v) is 13.0. The zero-order valence-electron chi connectivity index (χ0n) is 13.0. The lowest BCUT2D eigenvalue weighted by molar-refractivity contribution is 0.0952. The van der Waals surface area contributed by atoms with Gasteiger partial charge in [-0.3, -0.25) is 4.79 Å². The van der Waals surface area contributed by atoms with E-state index in [4.69, 9.17) is 0 Å². The molecule has 0 radical (unpaired) electrons. The molecule has 0 fully saturated rings. The monoisotopic (exact) mass is 332 g/mol. The number of carbonyl (C=O) groups excluding carboxylic acids is 1. The fourth-order valence-electron chi connectivity index (χ4n) is 2.71. The molecular weight excluding hydrogens is 319 g/mol. The van der Waals surface area contributed by atoms with Crippen LogP contribution < -0.4 is 5.43 Å². The van der Waals surface area contributed by atoms with Gasteiger partial charge in [-0.25, -0.2) is 14.8 Å². The third-order valence-corrected chi connectivity index (χ3v) is 3.89. The highest BCUT2D eigenvalue weighted by Gasteiger charge is 2.14. The summed E-state index contributed by atoms with van der Waals surface area (Å²) in [4.78, 5) is 19.8. The molecule has 0 atom stereocenters. The molecule has 5 nitrogen and oxygen atoms in total. The highest BCUT2D eigenvalue weighted by atomic mass is 19.1. The van der Waals surface area contributed by atoms with Gasteiger partial charge in [-0.1, -0.05) is 30.3 Å². The van der Waals surface area contributed by atoms with Crippen molar-refractivity contribution in [3.05, 3.63) is 77.9 Å². The molecule has 122 valence electrons. The molecule has 4 aromatic rings. The lowest BCUT2D eigenvalue weighted by Crippen LogP contribution is -2.19. The molecule has 0 unspecified atom stereocenters. The molecule has 0 spiro atoms. The molecule has 0 bridgehead atoms. The summed E-state index contributed by atoms with van der Waals surface area (Å²) in [5.41, 5.74) is 5.00. The normalized spacial score (nSPS) is 11.4. The van der Waals surface area contributed by atoms with Gasteiger partial charge < -0.3 is 4.98 Å². The second-order valence-corrected chi connectivity index (χ2v) is 5.50. The van der Waals surface area contributed by atoms with Crippen molar-refractivity contribution < 1.29 is 9.18 Å². The van der Waals surface area contributed by atoms with Crippen molar-refractivity contribution in [3.63, 3.8) is 0 Å². The van der Waals surface area contributed by atoms with Gasteiger partial charge in [-0.2, -0.15) is 5.10 Å². The number of hydrazone groups is 1. The van der Waals surface area contributed by atoms with Gasteiger partial charge in [0.05, 0.1) is 11.7 Å². The van der Waals surface area contributed by atoms with Crippen LogP contribution in [-0.2, 0) is 0 Å². The minimum absolute atomic E-state index is 0.268. The minimum Gasteiger partial charge on any atom is -0.353 e. The molecule has 2 aromatic heterocycles. The van der Waals surface area contributed by atoms with E-state index in [-0.39, 0.29) is 11.5 Å². The summed E-state index contributed by atoms with van der Waals surface area (Å²) < 4.78 is 12.9. The molecule has 2 aromatic carbocycles. The summed E-state index contributed by atoms with van der Waals surface area (Å²) in [6.07, 6.45) is 3.05. The summed E-state index contributed by atoms with van der Waals surface area (Å²) in [7, 11) is 0. The Labute approximate surface area is 142 Å². The predicted octanol–water partition coefficient (Wildman–Crippen LogP) is 3.62. The van der Waals surface area contributed by atoms with E-state index in [1.54, 1.807) is 18.3 Å². The number of nitrogens with one attached hydrogen (secondary N) is 2. The molecule has 4 rings (SSSR count). The Morgan fingerprint density at radius 2 is 1.88 bits per heavy atom. The summed E-state index contributed by atoms with van der Waals surface area (Å²) in [6.45, 7) is 0. The number of nitrogens with zero attached hydrogens (tertiary/aromatic N) is 2. The van der Waals surface area contributed by atoms with Gasteiger partial charge in [0.1, 0.15) is 5.82 Å². The summed E-state index contributed by atoms with van der Waals surface area (Å²) in [5, 5.41) is 5.87. The fourth-order valence-corrected chi connectivity index (χ4v) is 2.71. The van der Waals surface area contributed by atoms with Gasteiger partial charge in [0.25, 0.3) is 5.91 Å². The number of para-hydroxylation sites is 1. The molecular formula is C19H13FN4O. The van der Waals surface area contributed by atoms with Gasteiger partial charge in [0.15, 0.2) is 5.69 Å². The molecule has 6 heteroatoms. The van der Waals surface area contributed by atoms with E-state index in [0.29, 0.717) is 11.1 Å². The fraction of sp³-hybridized carbons (Fsp3) is 0. The van der Waals surface area contributed by atoms with E-state index in [2.05, 4.69) is 20.5 Å². The number of aromatic nitrogens is 2. The first-order valence-electron chi connectivity index (χ1n) is 7.67. The molecule has 0 saturated heterocycles. The van der Waals surface area contributed by atoms with Crippen molar-refractivity contribution in [3.8, 4) is 0 Å². The molecule has 2 heterocycles. The Morgan fingerprint density at radius 1 is 1.08 bits per heavy atom. The van der Waals surface area contributed by atoms with Gasteiger partial charge in [-0.15, -0.1) is 0 Å². The van der Waals surface area contributed by atoms with E-state index in [1.807, 2.05) is 30.3 Å². The van der Waals surface area contributed by atoms with Crippen LogP contribution in [0.2, 0.25) is 0 Å². The van der Waals surface area contributed by atoms with Crippen LogP contribution in [0.1, 0.15) is 16.1 Å². The van der Waals surface area contributed by atoms with Gasteiger partial charge in [0.2, 0.25) is 0 Å².